The molecule has 5 aromatic rings. The summed E-state index contributed by atoms with van der Waals surface area (Å²) in [6.45, 7) is 1.71. The van der Waals surface area contributed by atoms with Crippen molar-refractivity contribution in [1.82, 2.24) is 20.3 Å². The van der Waals surface area contributed by atoms with Gasteiger partial charge in [0.25, 0.3) is 0 Å². The summed E-state index contributed by atoms with van der Waals surface area (Å²) in [4.78, 5) is 13.5. The van der Waals surface area contributed by atoms with Crippen molar-refractivity contribution in [3.05, 3.63) is 93.5 Å². The number of nitrogens with one attached hydrogen (secondary N) is 2. The van der Waals surface area contributed by atoms with Crippen molar-refractivity contribution in [2.24, 2.45) is 0 Å². The number of nitrogens with zero attached hydrogens (tertiary/aromatic N) is 3. The summed E-state index contributed by atoms with van der Waals surface area (Å²) >= 11 is 5.03. The van der Waals surface area contributed by atoms with Crippen LogP contribution in [0.25, 0.3) is 22.2 Å². The van der Waals surface area contributed by atoms with Crippen LogP contribution in [0.3, 0.4) is 0 Å². The van der Waals surface area contributed by atoms with Crippen LogP contribution in [-0.4, -0.2) is 41.9 Å². The average molecular weight is 625 g/mol. The molecule has 2 bridgehead atoms. The molecule has 0 spiro atoms. The first kappa shape index (κ1) is 27.2. The fraction of sp³-hybridized carbons (Fsp3) is 0.179. The Morgan fingerprint density at radius 2 is 1.90 bits per heavy atom. The van der Waals surface area contributed by atoms with Crippen LogP contribution in [0.1, 0.15) is 10.6 Å². The van der Waals surface area contributed by atoms with E-state index in [2.05, 4.69) is 53.6 Å². The van der Waals surface area contributed by atoms with E-state index < -0.39 is 9.84 Å². The predicted molar refractivity (Wildman–Crippen MR) is 160 cm³/mol. The van der Waals surface area contributed by atoms with E-state index in [4.69, 9.17) is 4.74 Å². The molecule has 0 unspecified atom stereocenters. The fourth-order valence-corrected chi connectivity index (χ4v) is 5.53. The summed E-state index contributed by atoms with van der Waals surface area (Å²) in [5.41, 5.74) is 4.87. The molecule has 0 amide bonds. The molecule has 0 radical (unpaired) electrons. The Balaban J connectivity index is 0.000000325. The van der Waals surface area contributed by atoms with Gasteiger partial charge in [-0.3, -0.25) is 0 Å². The normalized spacial score (nSPS) is 12.1. The van der Waals surface area contributed by atoms with Crippen LogP contribution >= 0.6 is 27.3 Å². The van der Waals surface area contributed by atoms with E-state index in [1.165, 1.54) is 11.8 Å². The molecule has 3 aromatic carbocycles. The summed E-state index contributed by atoms with van der Waals surface area (Å²) in [6.07, 6.45) is 2.78. The van der Waals surface area contributed by atoms with E-state index in [1.54, 1.807) is 17.7 Å². The number of sulfone groups is 1. The first-order valence-electron chi connectivity index (χ1n) is 12.1. The van der Waals surface area contributed by atoms with Crippen LogP contribution in [0.2, 0.25) is 0 Å². The molecule has 0 saturated carbocycles. The minimum atomic E-state index is -2.97. The maximum absolute atomic E-state index is 11.2. The second kappa shape index (κ2) is 12.2. The molecule has 2 N–H and O–H groups in total. The largest absolute Gasteiger partial charge is 0.489 e. The summed E-state index contributed by atoms with van der Waals surface area (Å²) in [5.74, 6) is 1.83. The summed E-state index contributed by atoms with van der Waals surface area (Å²) < 4.78 is 28.6. The lowest BCUT2D eigenvalue weighted by molar-refractivity contribution is 0.295. The number of aromatic nitrogens is 3. The van der Waals surface area contributed by atoms with Crippen LogP contribution in [0.15, 0.2) is 82.9 Å². The number of hydrogen-bond acceptors (Lipinski definition) is 9. The Labute approximate surface area is 239 Å². The monoisotopic (exact) mass is 623 g/mol. The molecule has 11 heteroatoms. The number of anilines is 2. The van der Waals surface area contributed by atoms with Crippen molar-refractivity contribution in [2.75, 3.05) is 23.9 Å². The lowest BCUT2D eigenvalue weighted by Gasteiger charge is -2.11. The fourth-order valence-electron chi connectivity index (χ4n) is 3.84. The quantitative estimate of drug-likeness (QED) is 0.204. The molecule has 39 heavy (non-hydrogen) atoms. The first-order valence-corrected chi connectivity index (χ1v) is 15.9. The Morgan fingerprint density at radius 1 is 1.05 bits per heavy atom. The zero-order valence-electron chi connectivity index (χ0n) is 21.1. The van der Waals surface area contributed by atoms with Crippen molar-refractivity contribution in [1.29, 1.82) is 0 Å². The maximum Gasteiger partial charge on any atom is 0.148 e. The van der Waals surface area contributed by atoms with E-state index in [0.29, 0.717) is 13.1 Å². The first-order chi connectivity index (χ1) is 18.8. The number of rotatable bonds is 8. The molecule has 2 aromatic heterocycles. The minimum Gasteiger partial charge on any atom is -0.489 e. The van der Waals surface area contributed by atoms with Crippen molar-refractivity contribution in [3.63, 3.8) is 0 Å². The Hall–Kier alpha value is -3.38. The highest BCUT2D eigenvalue weighted by molar-refractivity contribution is 9.10. The summed E-state index contributed by atoms with van der Waals surface area (Å²) in [6, 6.07) is 22.0. The van der Waals surface area contributed by atoms with E-state index in [9.17, 15) is 8.42 Å². The minimum absolute atomic E-state index is 0.115. The molecule has 0 saturated heterocycles. The SMILES string of the molecule is CS(=O)(=O)CCNCc1nc(-c2ccc3ncnc(Nc4cccc(Br)c4)c3c2)cs1.c1cc2ccc1CO2. The molecular weight excluding hydrogens is 598 g/mol. The summed E-state index contributed by atoms with van der Waals surface area (Å²) in [7, 11) is -2.97. The molecule has 7 rings (SSSR count). The highest BCUT2D eigenvalue weighted by Crippen LogP contribution is 2.30. The number of thiazole rings is 1. The molecule has 2 aliphatic heterocycles. The van der Waals surface area contributed by atoms with Crippen molar-refractivity contribution >= 4 is 59.5 Å². The van der Waals surface area contributed by atoms with E-state index in [-0.39, 0.29) is 5.75 Å². The number of hydrogen-bond donors (Lipinski definition) is 2. The number of halogens is 1. The van der Waals surface area contributed by atoms with Gasteiger partial charge in [0.15, 0.2) is 0 Å². The van der Waals surface area contributed by atoms with Crippen molar-refractivity contribution in [2.45, 2.75) is 13.2 Å². The van der Waals surface area contributed by atoms with Gasteiger partial charge >= 0.3 is 0 Å². The van der Waals surface area contributed by atoms with Crippen LogP contribution in [-0.2, 0) is 23.0 Å². The van der Waals surface area contributed by atoms with Gasteiger partial charge in [0.1, 0.15) is 39.3 Å². The van der Waals surface area contributed by atoms with E-state index >= 15 is 0 Å². The zero-order chi connectivity index (χ0) is 27.2. The smallest absolute Gasteiger partial charge is 0.148 e. The van der Waals surface area contributed by atoms with Crippen molar-refractivity contribution < 1.29 is 13.2 Å². The van der Waals surface area contributed by atoms with Gasteiger partial charge in [-0.15, -0.1) is 11.3 Å². The Bertz CT molecular complexity index is 1670. The van der Waals surface area contributed by atoms with Crippen LogP contribution in [0, 0.1) is 0 Å². The highest BCUT2D eigenvalue weighted by atomic mass is 79.9. The summed E-state index contributed by atoms with van der Waals surface area (Å²) in [5, 5.41) is 10.3. The number of fused-ring (bicyclic) bond motifs is 4. The topological polar surface area (TPSA) is 106 Å². The average Bonchev–Trinajstić information content (AvgIpc) is 3.41. The zero-order valence-corrected chi connectivity index (χ0v) is 24.3. The van der Waals surface area contributed by atoms with Gasteiger partial charge < -0.3 is 15.4 Å². The van der Waals surface area contributed by atoms with E-state index in [1.807, 2.05) is 60.0 Å². The Kier molecular flexibility index (Phi) is 8.51. The Morgan fingerprint density at radius 3 is 2.56 bits per heavy atom. The second-order valence-electron chi connectivity index (χ2n) is 8.96. The van der Waals surface area contributed by atoms with Gasteiger partial charge in [-0.1, -0.05) is 40.2 Å². The molecule has 0 aliphatic carbocycles. The molecule has 0 atom stereocenters. The van der Waals surface area contributed by atoms with Gasteiger partial charge in [-0.25, -0.2) is 23.4 Å². The van der Waals surface area contributed by atoms with Gasteiger partial charge in [0.05, 0.1) is 17.0 Å². The maximum atomic E-state index is 11.2. The van der Waals surface area contributed by atoms with E-state index in [0.717, 1.165) is 55.5 Å². The molecular formula is C28H26BrN5O3S2. The molecule has 8 nitrogen and oxygen atoms in total. The lowest BCUT2D eigenvalue weighted by atomic mass is 10.1. The number of benzene rings is 3. The second-order valence-corrected chi connectivity index (χ2v) is 13.1. The highest BCUT2D eigenvalue weighted by Gasteiger charge is 2.10. The third-order valence-electron chi connectivity index (χ3n) is 5.82. The van der Waals surface area contributed by atoms with Gasteiger partial charge in [-0.05, 0) is 48.0 Å². The molecule has 200 valence electrons. The number of ether oxygens (including phenoxy) is 1. The van der Waals surface area contributed by atoms with Crippen LogP contribution in [0.5, 0.6) is 5.75 Å². The third-order valence-corrected chi connectivity index (χ3v) is 8.11. The van der Waals surface area contributed by atoms with Gasteiger partial charge in [0, 0.05) is 45.8 Å². The predicted octanol–water partition coefficient (Wildman–Crippen LogP) is 5.97. The van der Waals surface area contributed by atoms with Crippen molar-refractivity contribution in [3.8, 4) is 17.0 Å². The van der Waals surface area contributed by atoms with Gasteiger partial charge in [0.2, 0.25) is 0 Å². The third kappa shape index (κ3) is 7.60. The molecule has 2 aliphatic rings. The van der Waals surface area contributed by atoms with Crippen LogP contribution < -0.4 is 15.4 Å². The standard InChI is InChI=1S/C21H20BrN5O2S2.C7H6O/c1-31(28,29)8-7-23-11-20-27-19(12-30-20)14-5-6-18-17(9-14)21(25-13-24-18)26-16-4-2-3-15(22)10-16;1-3-7-4-2-6(1)5-8-7/h2-6,9-10,12-13,23H,7-8,11H2,1H3,(H,24,25,26);1-4H,5H2. The molecule has 0 fully saturated rings. The molecule has 4 heterocycles. The van der Waals surface area contributed by atoms with Gasteiger partial charge in [-0.2, -0.15) is 0 Å². The van der Waals surface area contributed by atoms with Crippen LogP contribution in [0.4, 0.5) is 11.5 Å². The lowest BCUT2D eigenvalue weighted by Crippen LogP contribution is -2.21.